The Morgan fingerprint density at radius 2 is 1.50 bits per heavy atom. The first-order valence-corrected chi connectivity index (χ1v) is 12.6. The van der Waals surface area contributed by atoms with E-state index < -0.39 is 23.5 Å². The lowest BCUT2D eigenvalue weighted by Crippen LogP contribution is -2.29. The Morgan fingerprint density at radius 1 is 0.868 bits per heavy atom. The minimum Gasteiger partial charge on any atom is -0.507 e. The maximum Gasteiger partial charge on any atom is 0.300 e. The zero-order valence-electron chi connectivity index (χ0n) is 21.2. The summed E-state index contributed by atoms with van der Waals surface area (Å²) in [5.74, 6) is -1.03. The molecule has 0 aromatic heterocycles. The number of nitrogens with zero attached hydrogens (tertiary/aromatic N) is 1. The molecule has 1 unspecified atom stereocenters. The molecule has 1 aliphatic rings. The summed E-state index contributed by atoms with van der Waals surface area (Å²) >= 11 is 6.41. The van der Waals surface area contributed by atoms with Gasteiger partial charge in [0.2, 0.25) is 0 Å². The van der Waals surface area contributed by atoms with Crippen LogP contribution in [0.3, 0.4) is 0 Å². The monoisotopic (exact) mass is 537 g/mol. The van der Waals surface area contributed by atoms with Crippen molar-refractivity contribution in [2.45, 2.75) is 26.8 Å². The van der Waals surface area contributed by atoms with E-state index in [-0.39, 0.29) is 34.3 Å². The van der Waals surface area contributed by atoms with Crippen LogP contribution in [0.5, 0.6) is 23.0 Å². The number of benzene rings is 3. The van der Waals surface area contributed by atoms with E-state index in [4.69, 9.17) is 25.8 Å². The molecule has 3 aromatic rings. The molecule has 198 valence electrons. The molecule has 1 heterocycles. The lowest BCUT2D eigenvalue weighted by Gasteiger charge is -2.26. The summed E-state index contributed by atoms with van der Waals surface area (Å²) in [5.41, 5.74) is 0.849. The van der Waals surface area contributed by atoms with Crippen LogP contribution in [0.25, 0.3) is 5.76 Å². The van der Waals surface area contributed by atoms with Gasteiger partial charge in [0, 0.05) is 11.3 Å². The first-order valence-electron chi connectivity index (χ1n) is 12.2. The number of halogens is 1. The number of phenolic OH excluding ortho intramolecular Hbond substituents is 1. The number of ether oxygens (including phenoxy) is 3. The van der Waals surface area contributed by atoms with Gasteiger partial charge in [0.15, 0.2) is 11.5 Å². The number of aliphatic hydroxyl groups excluding tert-OH is 1. The molecule has 0 spiro atoms. The Bertz CT molecular complexity index is 1380. The van der Waals surface area contributed by atoms with E-state index in [1.807, 2.05) is 13.8 Å². The minimum absolute atomic E-state index is 0.0962. The van der Waals surface area contributed by atoms with Gasteiger partial charge in [0.05, 0.1) is 36.5 Å². The summed E-state index contributed by atoms with van der Waals surface area (Å²) in [6.45, 7) is 6.59. The van der Waals surface area contributed by atoms with Crippen LogP contribution in [-0.2, 0) is 9.59 Å². The van der Waals surface area contributed by atoms with Crippen molar-refractivity contribution >= 4 is 34.7 Å². The van der Waals surface area contributed by atoms with Crippen molar-refractivity contribution in [1.82, 2.24) is 0 Å². The first-order chi connectivity index (χ1) is 18.3. The molecule has 8 nitrogen and oxygen atoms in total. The number of rotatable bonds is 9. The second-order valence-corrected chi connectivity index (χ2v) is 8.74. The molecule has 0 aliphatic carbocycles. The standard InChI is InChI=1S/C29H28ClNO7/c1-4-36-19-10-8-18(9-11-19)31-26(17-7-14-23(32)24(15-17)38-6-3)25(28(34)29(31)35)27(33)21-16-20(37-5-2)12-13-22(21)30/h7-16,26,32-33H,4-6H2,1-3H3/b27-25+. The quantitative estimate of drug-likeness (QED) is 0.200. The van der Waals surface area contributed by atoms with Crippen molar-refractivity contribution in [1.29, 1.82) is 0 Å². The zero-order chi connectivity index (χ0) is 27.4. The van der Waals surface area contributed by atoms with Crippen LogP contribution >= 0.6 is 11.6 Å². The number of anilines is 1. The van der Waals surface area contributed by atoms with Gasteiger partial charge in [-0.05, 0) is 80.9 Å². The van der Waals surface area contributed by atoms with Gasteiger partial charge in [-0.15, -0.1) is 0 Å². The predicted octanol–water partition coefficient (Wildman–Crippen LogP) is 5.87. The maximum atomic E-state index is 13.5. The average molecular weight is 538 g/mol. The molecule has 0 bridgehead atoms. The number of hydrogen-bond acceptors (Lipinski definition) is 7. The molecule has 1 fully saturated rings. The van der Waals surface area contributed by atoms with Crippen LogP contribution in [0.15, 0.2) is 66.2 Å². The molecular formula is C29H28ClNO7. The second-order valence-electron chi connectivity index (χ2n) is 8.33. The molecular weight excluding hydrogens is 510 g/mol. The number of carbonyl (C=O) groups is 2. The third-order valence-electron chi connectivity index (χ3n) is 5.97. The van der Waals surface area contributed by atoms with Gasteiger partial charge < -0.3 is 24.4 Å². The van der Waals surface area contributed by atoms with Gasteiger partial charge in [0.25, 0.3) is 11.7 Å². The van der Waals surface area contributed by atoms with Crippen molar-refractivity contribution in [3.05, 3.63) is 82.4 Å². The maximum absolute atomic E-state index is 13.5. The number of amides is 1. The Morgan fingerprint density at radius 3 is 2.16 bits per heavy atom. The number of aromatic hydroxyl groups is 1. The van der Waals surface area contributed by atoms with E-state index in [0.29, 0.717) is 36.0 Å². The Balaban J connectivity index is 1.94. The molecule has 4 rings (SSSR count). The van der Waals surface area contributed by atoms with E-state index in [0.717, 1.165) is 0 Å². The summed E-state index contributed by atoms with van der Waals surface area (Å²) in [4.78, 5) is 28.2. The van der Waals surface area contributed by atoms with Gasteiger partial charge >= 0.3 is 0 Å². The predicted molar refractivity (Wildman–Crippen MR) is 144 cm³/mol. The molecule has 0 radical (unpaired) electrons. The highest BCUT2D eigenvalue weighted by Gasteiger charge is 2.47. The topological polar surface area (TPSA) is 106 Å². The highest BCUT2D eigenvalue weighted by molar-refractivity contribution is 6.52. The highest BCUT2D eigenvalue weighted by Crippen LogP contribution is 2.45. The molecule has 1 amide bonds. The molecule has 3 aromatic carbocycles. The number of hydrogen-bond donors (Lipinski definition) is 2. The fraction of sp³-hybridized carbons (Fsp3) is 0.241. The second kappa shape index (κ2) is 11.5. The van der Waals surface area contributed by atoms with Crippen molar-refractivity contribution < 1.29 is 34.0 Å². The molecule has 1 saturated heterocycles. The van der Waals surface area contributed by atoms with E-state index in [1.54, 1.807) is 55.5 Å². The first kappa shape index (κ1) is 26.9. The van der Waals surface area contributed by atoms with Crippen LogP contribution in [0.4, 0.5) is 5.69 Å². The van der Waals surface area contributed by atoms with E-state index in [1.165, 1.54) is 17.0 Å². The van der Waals surface area contributed by atoms with Crippen molar-refractivity contribution in [3.63, 3.8) is 0 Å². The fourth-order valence-electron chi connectivity index (χ4n) is 4.34. The third kappa shape index (κ3) is 5.13. The SMILES string of the molecule is CCOc1ccc(N2C(=O)C(=O)/C(=C(/O)c3cc(OCC)ccc3Cl)C2c2ccc(O)c(OCC)c2)cc1. The molecule has 1 aliphatic heterocycles. The number of Topliss-reactive ketones (excluding diaryl/α,β-unsaturated/α-hetero) is 1. The van der Waals surface area contributed by atoms with Crippen molar-refractivity contribution in [2.75, 3.05) is 24.7 Å². The van der Waals surface area contributed by atoms with E-state index >= 15 is 0 Å². The van der Waals surface area contributed by atoms with Crippen LogP contribution in [0, 0.1) is 0 Å². The van der Waals surface area contributed by atoms with Crippen LogP contribution < -0.4 is 19.1 Å². The lowest BCUT2D eigenvalue weighted by molar-refractivity contribution is -0.132. The van der Waals surface area contributed by atoms with E-state index in [2.05, 4.69) is 0 Å². The summed E-state index contributed by atoms with van der Waals surface area (Å²) < 4.78 is 16.6. The molecule has 2 N–H and O–H groups in total. The third-order valence-corrected chi connectivity index (χ3v) is 6.30. The summed E-state index contributed by atoms with van der Waals surface area (Å²) in [6, 6.07) is 14.9. The largest absolute Gasteiger partial charge is 0.507 e. The smallest absolute Gasteiger partial charge is 0.300 e. The summed E-state index contributed by atoms with van der Waals surface area (Å²) in [5, 5.41) is 21.9. The van der Waals surface area contributed by atoms with Gasteiger partial charge in [0.1, 0.15) is 17.3 Å². The Hall–Kier alpha value is -4.17. The molecule has 9 heteroatoms. The van der Waals surface area contributed by atoms with Crippen molar-refractivity contribution in [2.24, 2.45) is 0 Å². The lowest BCUT2D eigenvalue weighted by atomic mass is 9.94. The Labute approximate surface area is 225 Å². The summed E-state index contributed by atoms with van der Waals surface area (Å²) in [6.07, 6.45) is 0. The fourth-order valence-corrected chi connectivity index (χ4v) is 4.55. The van der Waals surface area contributed by atoms with Gasteiger partial charge in [-0.25, -0.2) is 0 Å². The summed E-state index contributed by atoms with van der Waals surface area (Å²) in [7, 11) is 0. The van der Waals surface area contributed by atoms with Crippen molar-refractivity contribution in [3.8, 4) is 23.0 Å². The molecule has 1 atom stereocenters. The van der Waals surface area contributed by atoms with Gasteiger partial charge in [-0.3, -0.25) is 14.5 Å². The van der Waals surface area contributed by atoms with Gasteiger partial charge in [-0.1, -0.05) is 17.7 Å². The zero-order valence-corrected chi connectivity index (χ0v) is 22.0. The normalized spacial score (nSPS) is 16.5. The number of ketones is 1. The Kier molecular flexibility index (Phi) is 8.12. The van der Waals surface area contributed by atoms with Crippen LogP contribution in [0.1, 0.15) is 37.9 Å². The molecule has 38 heavy (non-hydrogen) atoms. The van der Waals surface area contributed by atoms with Crippen LogP contribution in [0.2, 0.25) is 5.02 Å². The highest BCUT2D eigenvalue weighted by atomic mass is 35.5. The van der Waals surface area contributed by atoms with Crippen LogP contribution in [-0.4, -0.2) is 41.7 Å². The van der Waals surface area contributed by atoms with Gasteiger partial charge in [-0.2, -0.15) is 0 Å². The molecule has 0 saturated carbocycles. The number of phenols is 1. The number of aliphatic hydroxyl groups is 1. The number of carbonyl (C=O) groups excluding carboxylic acids is 2. The average Bonchev–Trinajstić information content (AvgIpc) is 3.17. The minimum atomic E-state index is -1.04. The van der Waals surface area contributed by atoms with E-state index in [9.17, 15) is 19.8 Å².